The molecule has 0 aliphatic carbocycles. The molecule has 0 saturated carbocycles. The molecule has 0 amide bonds. The Bertz CT molecular complexity index is 555. The molecule has 0 atom stereocenters. The van der Waals surface area contributed by atoms with E-state index in [-0.39, 0.29) is 0 Å². The van der Waals surface area contributed by atoms with Crippen molar-refractivity contribution in [2.45, 2.75) is 6.92 Å². The predicted octanol–water partition coefficient (Wildman–Crippen LogP) is 3.05. The van der Waals surface area contributed by atoms with Gasteiger partial charge in [-0.2, -0.15) is 5.26 Å². The average molecular weight is 223 g/mol. The van der Waals surface area contributed by atoms with E-state index in [1.165, 1.54) is 0 Å². The van der Waals surface area contributed by atoms with Crippen molar-refractivity contribution in [3.63, 3.8) is 0 Å². The zero-order chi connectivity index (χ0) is 12.1. The van der Waals surface area contributed by atoms with E-state index in [9.17, 15) is 0 Å². The van der Waals surface area contributed by atoms with Gasteiger partial charge in [-0.05, 0) is 31.2 Å². The number of nitrogens with one attached hydrogen (secondary N) is 1. The lowest BCUT2D eigenvalue weighted by Gasteiger charge is -2.05. The lowest BCUT2D eigenvalue weighted by Crippen LogP contribution is -1.99. The number of aromatic nitrogens is 1. The number of pyridine rings is 1. The summed E-state index contributed by atoms with van der Waals surface area (Å²) in [5.41, 5.74) is 2.49. The van der Waals surface area contributed by atoms with Crippen molar-refractivity contribution >= 4 is 5.82 Å². The summed E-state index contributed by atoms with van der Waals surface area (Å²) < 4.78 is 0. The van der Waals surface area contributed by atoms with Gasteiger partial charge < -0.3 is 5.32 Å². The summed E-state index contributed by atoms with van der Waals surface area (Å²) in [6, 6.07) is 15.4. The van der Waals surface area contributed by atoms with Crippen molar-refractivity contribution in [1.82, 2.24) is 4.98 Å². The lowest BCUT2D eigenvalue weighted by atomic mass is 10.1. The molecule has 2 rings (SSSR count). The maximum absolute atomic E-state index is 8.87. The SMILES string of the molecule is CCNc1cccc(-c2cccc(C#N)c2)n1. The third kappa shape index (κ3) is 2.61. The number of rotatable bonds is 3. The van der Waals surface area contributed by atoms with Crippen LogP contribution < -0.4 is 5.32 Å². The second-order valence-corrected chi connectivity index (χ2v) is 3.63. The zero-order valence-corrected chi connectivity index (χ0v) is 9.64. The Morgan fingerprint density at radius 1 is 1.24 bits per heavy atom. The second kappa shape index (κ2) is 5.13. The minimum atomic E-state index is 0.651. The van der Waals surface area contributed by atoms with Crippen LogP contribution in [0.2, 0.25) is 0 Å². The van der Waals surface area contributed by atoms with Crippen molar-refractivity contribution in [1.29, 1.82) is 5.26 Å². The van der Waals surface area contributed by atoms with Crippen molar-refractivity contribution in [3.05, 3.63) is 48.0 Å². The van der Waals surface area contributed by atoms with Crippen LogP contribution in [0.15, 0.2) is 42.5 Å². The molecule has 17 heavy (non-hydrogen) atoms. The van der Waals surface area contributed by atoms with E-state index in [2.05, 4.69) is 16.4 Å². The molecule has 1 aromatic heterocycles. The highest BCUT2D eigenvalue weighted by Gasteiger charge is 2.01. The van der Waals surface area contributed by atoms with Crippen molar-refractivity contribution in [2.24, 2.45) is 0 Å². The summed E-state index contributed by atoms with van der Waals surface area (Å²) in [6.07, 6.45) is 0. The molecule has 3 heteroatoms. The number of hydrogen-bond donors (Lipinski definition) is 1. The van der Waals surface area contributed by atoms with Crippen LogP contribution in [0.5, 0.6) is 0 Å². The molecule has 0 fully saturated rings. The van der Waals surface area contributed by atoms with Gasteiger partial charge in [0, 0.05) is 12.1 Å². The van der Waals surface area contributed by atoms with Gasteiger partial charge in [-0.1, -0.05) is 18.2 Å². The average Bonchev–Trinajstić information content (AvgIpc) is 2.40. The first kappa shape index (κ1) is 11.2. The topological polar surface area (TPSA) is 48.7 Å². The Kier molecular flexibility index (Phi) is 3.37. The van der Waals surface area contributed by atoms with Gasteiger partial charge >= 0.3 is 0 Å². The minimum Gasteiger partial charge on any atom is -0.370 e. The van der Waals surface area contributed by atoms with Gasteiger partial charge in [0.1, 0.15) is 5.82 Å². The Labute approximate surface area is 101 Å². The third-order valence-electron chi connectivity index (χ3n) is 2.39. The zero-order valence-electron chi connectivity index (χ0n) is 9.64. The number of hydrogen-bond acceptors (Lipinski definition) is 3. The van der Waals surface area contributed by atoms with E-state index in [1.54, 1.807) is 6.07 Å². The van der Waals surface area contributed by atoms with Gasteiger partial charge in [0.25, 0.3) is 0 Å². The normalized spacial score (nSPS) is 9.65. The van der Waals surface area contributed by atoms with Crippen LogP contribution >= 0.6 is 0 Å². The maximum Gasteiger partial charge on any atom is 0.126 e. The first-order valence-electron chi connectivity index (χ1n) is 5.55. The Hall–Kier alpha value is -2.34. The van der Waals surface area contributed by atoms with E-state index in [1.807, 2.05) is 43.3 Å². The molecule has 2 aromatic rings. The largest absolute Gasteiger partial charge is 0.370 e. The van der Waals surface area contributed by atoms with Crippen LogP contribution in [0.1, 0.15) is 12.5 Å². The van der Waals surface area contributed by atoms with Gasteiger partial charge in [-0.15, -0.1) is 0 Å². The van der Waals surface area contributed by atoms with E-state index < -0.39 is 0 Å². The summed E-state index contributed by atoms with van der Waals surface area (Å²) in [4.78, 5) is 4.49. The molecule has 1 heterocycles. The fraction of sp³-hybridized carbons (Fsp3) is 0.143. The van der Waals surface area contributed by atoms with Crippen LogP contribution in [0, 0.1) is 11.3 Å². The molecule has 1 N–H and O–H groups in total. The standard InChI is InChI=1S/C14H13N3/c1-2-16-14-8-4-7-13(17-14)12-6-3-5-11(9-12)10-15/h3-9H,2H2,1H3,(H,16,17). The fourth-order valence-electron chi connectivity index (χ4n) is 1.62. The van der Waals surface area contributed by atoms with E-state index in [0.29, 0.717) is 5.56 Å². The van der Waals surface area contributed by atoms with Crippen molar-refractivity contribution in [3.8, 4) is 17.3 Å². The fourth-order valence-corrected chi connectivity index (χ4v) is 1.62. The van der Waals surface area contributed by atoms with Crippen LogP contribution in [0.3, 0.4) is 0 Å². The van der Waals surface area contributed by atoms with Crippen LogP contribution in [-0.4, -0.2) is 11.5 Å². The van der Waals surface area contributed by atoms with Gasteiger partial charge in [-0.25, -0.2) is 4.98 Å². The minimum absolute atomic E-state index is 0.651. The molecule has 0 bridgehead atoms. The highest BCUT2D eigenvalue weighted by atomic mass is 15.0. The molecule has 0 saturated heterocycles. The monoisotopic (exact) mass is 223 g/mol. The molecular weight excluding hydrogens is 210 g/mol. The molecular formula is C14H13N3. The van der Waals surface area contributed by atoms with Gasteiger partial charge in [0.2, 0.25) is 0 Å². The highest BCUT2D eigenvalue weighted by molar-refractivity contribution is 5.63. The molecule has 0 aliphatic heterocycles. The van der Waals surface area contributed by atoms with Crippen LogP contribution in [-0.2, 0) is 0 Å². The maximum atomic E-state index is 8.87. The Morgan fingerprint density at radius 2 is 2.06 bits per heavy atom. The predicted molar refractivity (Wildman–Crippen MR) is 68.6 cm³/mol. The second-order valence-electron chi connectivity index (χ2n) is 3.63. The van der Waals surface area contributed by atoms with E-state index in [4.69, 9.17) is 5.26 Å². The van der Waals surface area contributed by atoms with Gasteiger partial charge in [0.05, 0.1) is 17.3 Å². The first-order valence-corrected chi connectivity index (χ1v) is 5.55. The highest BCUT2D eigenvalue weighted by Crippen LogP contribution is 2.19. The molecule has 1 aromatic carbocycles. The van der Waals surface area contributed by atoms with E-state index >= 15 is 0 Å². The number of anilines is 1. The molecule has 0 radical (unpaired) electrons. The van der Waals surface area contributed by atoms with Gasteiger partial charge in [-0.3, -0.25) is 0 Å². The molecule has 0 aliphatic rings. The molecule has 0 spiro atoms. The summed E-state index contributed by atoms with van der Waals surface area (Å²) in [5, 5.41) is 12.0. The quantitative estimate of drug-likeness (QED) is 0.870. The third-order valence-corrected chi connectivity index (χ3v) is 2.39. The molecule has 3 nitrogen and oxygen atoms in total. The Morgan fingerprint density at radius 3 is 2.82 bits per heavy atom. The van der Waals surface area contributed by atoms with E-state index in [0.717, 1.165) is 23.6 Å². The summed E-state index contributed by atoms with van der Waals surface area (Å²) in [6.45, 7) is 2.87. The van der Waals surface area contributed by atoms with Gasteiger partial charge in [0.15, 0.2) is 0 Å². The first-order chi connectivity index (χ1) is 8.33. The van der Waals surface area contributed by atoms with Crippen molar-refractivity contribution in [2.75, 3.05) is 11.9 Å². The van der Waals surface area contributed by atoms with Crippen LogP contribution in [0.4, 0.5) is 5.82 Å². The Balaban J connectivity index is 2.39. The smallest absolute Gasteiger partial charge is 0.126 e. The number of nitriles is 1. The van der Waals surface area contributed by atoms with Crippen molar-refractivity contribution < 1.29 is 0 Å². The summed E-state index contributed by atoms with van der Waals surface area (Å²) in [5.74, 6) is 0.854. The molecule has 0 unspecified atom stereocenters. The number of benzene rings is 1. The number of nitrogens with zero attached hydrogens (tertiary/aromatic N) is 2. The summed E-state index contributed by atoms with van der Waals surface area (Å²) >= 11 is 0. The molecule has 84 valence electrons. The summed E-state index contributed by atoms with van der Waals surface area (Å²) in [7, 11) is 0. The lowest BCUT2D eigenvalue weighted by molar-refractivity contribution is 1.16. The van der Waals surface area contributed by atoms with Crippen LogP contribution in [0.25, 0.3) is 11.3 Å².